The molecule has 0 heterocycles. The molecule has 1 atom stereocenters. The third-order valence-electron chi connectivity index (χ3n) is 2.10. The van der Waals surface area contributed by atoms with E-state index in [1.54, 1.807) is 0 Å². The largest absolute Gasteiger partial charge is 0.369 e. The summed E-state index contributed by atoms with van der Waals surface area (Å²) in [5.74, 6) is -0.362. The summed E-state index contributed by atoms with van der Waals surface area (Å²) in [6.45, 7) is 4.06. The number of allylic oxidation sites excluding steroid dienone is 5. The molecule has 0 aromatic heterocycles. The minimum absolute atomic E-state index is 0. The van der Waals surface area contributed by atoms with Gasteiger partial charge < -0.3 is 5.73 Å². The molecule has 0 radical (unpaired) electrons. The summed E-state index contributed by atoms with van der Waals surface area (Å²) in [5, 5.41) is 0. The molecule has 2 N–H and O–H groups in total. The topological polar surface area (TPSA) is 43.1 Å². The van der Waals surface area contributed by atoms with E-state index in [9.17, 15) is 4.79 Å². The van der Waals surface area contributed by atoms with Crippen LogP contribution in [-0.4, -0.2) is 5.91 Å². The van der Waals surface area contributed by atoms with Crippen LogP contribution in [0.3, 0.4) is 0 Å². The van der Waals surface area contributed by atoms with Gasteiger partial charge in [-0.2, -0.15) is 0 Å². The number of unbranched alkanes of at least 4 members (excludes halogenated alkanes) is 1. The van der Waals surface area contributed by atoms with Crippen LogP contribution in [0.2, 0.25) is 0 Å². The van der Waals surface area contributed by atoms with Gasteiger partial charge in [0.1, 0.15) is 0 Å². The van der Waals surface area contributed by atoms with E-state index in [-0.39, 0.29) is 24.2 Å². The second-order valence-electron chi connectivity index (χ2n) is 3.45. The average Bonchev–Trinajstić information content (AvgIpc) is 2.21. The lowest BCUT2D eigenvalue weighted by Crippen LogP contribution is -2.21. The van der Waals surface area contributed by atoms with Crippen molar-refractivity contribution in [2.45, 2.75) is 33.1 Å². The van der Waals surface area contributed by atoms with E-state index in [1.165, 1.54) is 0 Å². The predicted molar refractivity (Wildman–Crippen MR) is 72.6 cm³/mol. The lowest BCUT2D eigenvalue weighted by Gasteiger charge is -2.06. The maximum Gasteiger partial charge on any atom is 0.224 e. The Kier molecular flexibility index (Phi) is 13.1. The molecule has 2 nitrogen and oxygen atoms in total. The summed E-state index contributed by atoms with van der Waals surface area (Å²) >= 11 is 0. The highest BCUT2D eigenvalue weighted by Gasteiger charge is 2.09. The number of carbonyl (C=O) groups is 1. The molecule has 0 saturated heterocycles. The van der Waals surface area contributed by atoms with Crippen LogP contribution < -0.4 is 5.73 Å². The van der Waals surface area contributed by atoms with Crippen molar-refractivity contribution in [1.82, 2.24) is 0 Å². The first-order chi connectivity index (χ1) is 7.22. The second kappa shape index (κ2) is 12.1. The number of rotatable bonds is 7. The molecule has 0 aromatic rings. The van der Waals surface area contributed by atoms with E-state index in [2.05, 4.69) is 6.92 Å². The van der Waals surface area contributed by atoms with Crippen LogP contribution in [0.4, 0.5) is 0 Å². The van der Waals surface area contributed by atoms with Crippen molar-refractivity contribution in [2.24, 2.45) is 11.7 Å². The smallest absolute Gasteiger partial charge is 0.224 e. The van der Waals surface area contributed by atoms with Crippen LogP contribution in [0.1, 0.15) is 33.1 Å². The molecule has 0 aliphatic heterocycles. The van der Waals surface area contributed by atoms with Gasteiger partial charge in [-0.25, -0.2) is 0 Å². The van der Waals surface area contributed by atoms with Gasteiger partial charge in [0.2, 0.25) is 5.91 Å². The molecular weight excluding hydrogens is 222 g/mol. The molecule has 0 spiro atoms. The molecule has 1 unspecified atom stereocenters. The van der Waals surface area contributed by atoms with E-state index in [0.29, 0.717) is 0 Å². The number of hydrogen-bond donors (Lipinski definition) is 1. The normalized spacial score (nSPS) is 13.4. The molecule has 0 rings (SSSR count). The van der Waals surface area contributed by atoms with Gasteiger partial charge in [0, 0.05) is 0 Å². The van der Waals surface area contributed by atoms with Crippen LogP contribution in [0.25, 0.3) is 0 Å². The number of carbonyl (C=O) groups excluding carboxylic acids is 1. The number of primary amides is 1. The third-order valence-corrected chi connectivity index (χ3v) is 2.10. The molecule has 16 heavy (non-hydrogen) atoms. The Balaban J connectivity index is 0. The predicted octanol–water partition coefficient (Wildman–Crippen LogP) is 3.39. The highest BCUT2D eigenvalue weighted by molar-refractivity contribution is 5.85. The van der Waals surface area contributed by atoms with E-state index < -0.39 is 0 Å². The lowest BCUT2D eigenvalue weighted by molar-refractivity contribution is -0.120. The number of hydrogen-bond acceptors (Lipinski definition) is 1. The van der Waals surface area contributed by atoms with Crippen molar-refractivity contribution in [3.63, 3.8) is 0 Å². The van der Waals surface area contributed by atoms with E-state index in [0.717, 1.165) is 19.3 Å². The first-order valence-electron chi connectivity index (χ1n) is 5.47. The molecule has 0 saturated carbocycles. The van der Waals surface area contributed by atoms with Crippen LogP contribution in [-0.2, 0) is 4.79 Å². The number of nitrogens with two attached hydrogens (primary N) is 1. The van der Waals surface area contributed by atoms with Crippen molar-refractivity contribution < 1.29 is 4.79 Å². The first-order valence-corrected chi connectivity index (χ1v) is 5.47. The number of halogens is 1. The fourth-order valence-electron chi connectivity index (χ4n) is 1.20. The van der Waals surface area contributed by atoms with Crippen LogP contribution in [0.5, 0.6) is 0 Å². The minimum Gasteiger partial charge on any atom is -0.369 e. The highest BCUT2D eigenvalue weighted by atomic mass is 35.5. The number of amides is 1. The highest BCUT2D eigenvalue weighted by Crippen LogP contribution is 2.09. The van der Waals surface area contributed by atoms with Crippen LogP contribution in [0.15, 0.2) is 36.5 Å². The molecule has 0 aliphatic rings. The van der Waals surface area contributed by atoms with Gasteiger partial charge in [0.25, 0.3) is 0 Å². The summed E-state index contributed by atoms with van der Waals surface area (Å²) in [4.78, 5) is 11.1. The first kappa shape index (κ1) is 17.4. The van der Waals surface area contributed by atoms with Crippen LogP contribution in [0, 0.1) is 5.92 Å². The van der Waals surface area contributed by atoms with E-state index in [1.807, 2.05) is 43.4 Å². The third kappa shape index (κ3) is 9.53. The van der Waals surface area contributed by atoms with Crippen molar-refractivity contribution >= 4 is 18.3 Å². The fraction of sp³-hybridized carbons (Fsp3) is 0.462. The fourth-order valence-corrected chi connectivity index (χ4v) is 1.20. The molecule has 0 aliphatic carbocycles. The van der Waals surface area contributed by atoms with Crippen molar-refractivity contribution in [2.75, 3.05) is 0 Å². The Morgan fingerprint density at radius 1 is 1.25 bits per heavy atom. The second-order valence-corrected chi connectivity index (χ2v) is 3.45. The van der Waals surface area contributed by atoms with Gasteiger partial charge in [-0.05, 0) is 13.3 Å². The maximum atomic E-state index is 11.1. The Morgan fingerprint density at radius 2 is 1.88 bits per heavy atom. The molecule has 1 amide bonds. The van der Waals surface area contributed by atoms with Crippen LogP contribution >= 0.6 is 12.4 Å². The SMILES string of the molecule is CC=CC=CC=CC(CCCC)C(N)=O.Cl. The van der Waals surface area contributed by atoms with E-state index in [4.69, 9.17) is 5.73 Å². The molecular formula is C13H22ClNO. The Morgan fingerprint density at radius 3 is 2.38 bits per heavy atom. The zero-order chi connectivity index (χ0) is 11.5. The Bertz CT molecular complexity index is 257. The van der Waals surface area contributed by atoms with Crippen molar-refractivity contribution in [3.05, 3.63) is 36.5 Å². The average molecular weight is 244 g/mol. The zero-order valence-corrected chi connectivity index (χ0v) is 10.9. The standard InChI is InChI=1S/C13H21NO.ClH/c1-3-5-7-8-9-11-12(13(14)15)10-6-4-2;/h3,5,7-9,11-12H,4,6,10H2,1-2H3,(H2,14,15);1H. The monoisotopic (exact) mass is 243 g/mol. The van der Waals surface area contributed by atoms with Crippen molar-refractivity contribution in [3.8, 4) is 0 Å². The summed E-state index contributed by atoms with van der Waals surface area (Å²) < 4.78 is 0. The molecule has 92 valence electrons. The van der Waals surface area contributed by atoms with Gasteiger partial charge in [0.15, 0.2) is 0 Å². The van der Waals surface area contributed by atoms with Gasteiger partial charge >= 0.3 is 0 Å². The minimum atomic E-state index is -0.237. The Hall–Kier alpha value is -1.02. The summed E-state index contributed by atoms with van der Waals surface area (Å²) in [5.41, 5.74) is 5.29. The van der Waals surface area contributed by atoms with Crippen molar-refractivity contribution in [1.29, 1.82) is 0 Å². The summed E-state index contributed by atoms with van der Waals surface area (Å²) in [6, 6.07) is 0. The summed E-state index contributed by atoms with van der Waals surface area (Å²) in [6.07, 6.45) is 14.4. The maximum absolute atomic E-state index is 11.1. The molecule has 3 heteroatoms. The molecule has 0 bridgehead atoms. The quantitative estimate of drug-likeness (QED) is 0.685. The summed E-state index contributed by atoms with van der Waals surface area (Å²) in [7, 11) is 0. The Labute approximate surface area is 105 Å². The van der Waals surface area contributed by atoms with Gasteiger partial charge in [-0.15, -0.1) is 12.4 Å². The van der Waals surface area contributed by atoms with E-state index >= 15 is 0 Å². The van der Waals surface area contributed by atoms with Gasteiger partial charge in [0.05, 0.1) is 5.92 Å². The molecule has 0 fully saturated rings. The molecule has 0 aromatic carbocycles. The lowest BCUT2D eigenvalue weighted by atomic mass is 10.0. The van der Waals surface area contributed by atoms with Gasteiger partial charge in [-0.1, -0.05) is 56.2 Å². The zero-order valence-electron chi connectivity index (χ0n) is 10.1. The van der Waals surface area contributed by atoms with Gasteiger partial charge in [-0.3, -0.25) is 4.79 Å².